The molecule has 4 atom stereocenters. The summed E-state index contributed by atoms with van der Waals surface area (Å²) in [6.45, 7) is 2.32. The molecule has 2 aromatic heterocycles. The molecular weight excluding hydrogens is 360 g/mol. The predicted molar refractivity (Wildman–Crippen MR) is 99.8 cm³/mol. The van der Waals surface area contributed by atoms with E-state index in [-0.39, 0.29) is 11.9 Å². The number of nitrogens with two attached hydrogens (primary N) is 1. The summed E-state index contributed by atoms with van der Waals surface area (Å²) in [4.78, 5) is 25.2. The van der Waals surface area contributed by atoms with Crippen molar-refractivity contribution in [3.63, 3.8) is 0 Å². The molecular formula is C19H20N6O3. The second-order valence-corrected chi connectivity index (χ2v) is 7.05. The van der Waals surface area contributed by atoms with E-state index in [4.69, 9.17) is 15.2 Å². The van der Waals surface area contributed by atoms with Crippen molar-refractivity contribution in [2.75, 3.05) is 5.73 Å². The number of carbonyl (C=O) groups excluding carboxylic acids is 1. The molecule has 3 aromatic rings. The second kappa shape index (κ2) is 6.25. The fourth-order valence-corrected chi connectivity index (χ4v) is 4.13. The number of morpholine rings is 1. The number of nitrogens with one attached hydrogen (secondary N) is 1. The summed E-state index contributed by atoms with van der Waals surface area (Å²) >= 11 is 0. The number of aromatic nitrogens is 4. The highest BCUT2D eigenvalue weighted by Crippen LogP contribution is 2.46. The van der Waals surface area contributed by atoms with Gasteiger partial charge in [-0.05, 0) is 12.0 Å². The van der Waals surface area contributed by atoms with Crippen LogP contribution in [0.4, 0.5) is 5.82 Å². The molecule has 2 aliphatic heterocycles. The van der Waals surface area contributed by atoms with Gasteiger partial charge in [0, 0.05) is 0 Å². The van der Waals surface area contributed by atoms with Gasteiger partial charge in [-0.15, -0.1) is 0 Å². The molecule has 144 valence electrons. The highest BCUT2D eigenvalue weighted by molar-refractivity contribution is 5.90. The number of benzene rings is 1. The number of hydrogen-bond donors (Lipinski definition) is 2. The molecule has 2 fully saturated rings. The maximum atomic E-state index is 12.7. The van der Waals surface area contributed by atoms with Crippen molar-refractivity contribution < 1.29 is 14.3 Å². The first-order valence-corrected chi connectivity index (χ1v) is 9.21. The minimum atomic E-state index is -1.04. The largest absolute Gasteiger partial charge is 0.382 e. The van der Waals surface area contributed by atoms with E-state index >= 15 is 0 Å². The van der Waals surface area contributed by atoms with Crippen molar-refractivity contribution in [1.29, 1.82) is 0 Å². The average molecular weight is 380 g/mol. The molecule has 5 rings (SSSR count). The third kappa shape index (κ3) is 2.33. The molecule has 4 heterocycles. The highest BCUT2D eigenvalue weighted by Gasteiger charge is 2.66. The number of nitrogens with zero attached hydrogens (tertiary/aromatic N) is 4. The Morgan fingerprint density at radius 3 is 2.89 bits per heavy atom. The molecule has 1 unspecified atom stereocenters. The molecule has 1 amide bonds. The molecule has 2 saturated heterocycles. The van der Waals surface area contributed by atoms with E-state index in [1.165, 1.54) is 6.33 Å². The van der Waals surface area contributed by atoms with Crippen LogP contribution in [0.25, 0.3) is 11.2 Å². The standard InChI is InChI=1S/C19H20N6O3/c1-2-19-14(27-8-11-6-4-3-5-7-11)12(24-18(19)26)17(28-19)25-10-23-13-15(20)21-9-22-16(13)25/h3-7,9-10,12,14,17H,2,8H2,1H3,(H,24,26)(H2,20,21,22)/t12-,14?,17+,19+/m0/s1. The Labute approximate surface area is 160 Å². The Morgan fingerprint density at radius 1 is 1.29 bits per heavy atom. The van der Waals surface area contributed by atoms with Gasteiger partial charge >= 0.3 is 0 Å². The molecule has 0 aliphatic carbocycles. The lowest BCUT2D eigenvalue weighted by molar-refractivity contribution is -0.165. The quantitative estimate of drug-likeness (QED) is 0.682. The van der Waals surface area contributed by atoms with Gasteiger partial charge in [0.1, 0.15) is 24.0 Å². The predicted octanol–water partition coefficient (Wildman–Crippen LogP) is 1.17. The molecule has 2 bridgehead atoms. The van der Waals surface area contributed by atoms with Gasteiger partial charge < -0.3 is 20.5 Å². The van der Waals surface area contributed by atoms with Gasteiger partial charge in [0.2, 0.25) is 0 Å². The SMILES string of the molecule is CC[C@]12O[C@@H](n3cnc4c(N)ncnc43)[C@@H](NC1=O)C2OCc1ccccc1. The van der Waals surface area contributed by atoms with Gasteiger partial charge in [-0.3, -0.25) is 9.36 Å². The second-order valence-electron chi connectivity index (χ2n) is 7.05. The molecule has 9 nitrogen and oxygen atoms in total. The maximum absolute atomic E-state index is 12.7. The Bertz CT molecular complexity index is 1040. The lowest BCUT2D eigenvalue weighted by Crippen LogP contribution is -2.48. The van der Waals surface area contributed by atoms with Gasteiger partial charge in [-0.1, -0.05) is 37.3 Å². The molecule has 0 saturated carbocycles. The Morgan fingerprint density at radius 2 is 2.11 bits per heavy atom. The number of rotatable bonds is 5. The Hall–Kier alpha value is -3.04. The van der Waals surface area contributed by atoms with E-state index < -0.39 is 17.9 Å². The molecule has 28 heavy (non-hydrogen) atoms. The molecule has 0 spiro atoms. The van der Waals surface area contributed by atoms with Crippen molar-refractivity contribution >= 4 is 22.9 Å². The number of ether oxygens (including phenoxy) is 2. The monoisotopic (exact) mass is 380 g/mol. The van der Waals surface area contributed by atoms with E-state index in [0.29, 0.717) is 30.0 Å². The molecule has 1 aromatic carbocycles. The number of nitrogen functional groups attached to an aromatic ring is 1. The Balaban J connectivity index is 1.49. The summed E-state index contributed by atoms with van der Waals surface area (Å²) in [7, 11) is 0. The van der Waals surface area contributed by atoms with E-state index in [9.17, 15) is 4.79 Å². The van der Waals surface area contributed by atoms with Crippen LogP contribution in [-0.2, 0) is 20.9 Å². The Kier molecular flexibility index (Phi) is 3.81. The minimum absolute atomic E-state index is 0.145. The number of amides is 1. The minimum Gasteiger partial charge on any atom is -0.382 e. The number of imidazole rings is 1. The zero-order valence-electron chi connectivity index (χ0n) is 15.3. The van der Waals surface area contributed by atoms with Gasteiger partial charge in [0.25, 0.3) is 5.91 Å². The van der Waals surface area contributed by atoms with Crippen LogP contribution in [0.2, 0.25) is 0 Å². The smallest absolute Gasteiger partial charge is 0.255 e. The van der Waals surface area contributed by atoms with Crippen molar-refractivity contribution in [2.24, 2.45) is 0 Å². The van der Waals surface area contributed by atoms with Crippen molar-refractivity contribution in [3.05, 3.63) is 48.5 Å². The summed E-state index contributed by atoms with van der Waals surface area (Å²) in [6.07, 6.45) is 2.59. The molecule has 0 radical (unpaired) electrons. The summed E-state index contributed by atoms with van der Waals surface area (Å²) in [5.74, 6) is 0.158. The summed E-state index contributed by atoms with van der Waals surface area (Å²) < 4.78 is 14.3. The fraction of sp³-hybridized carbons (Fsp3) is 0.368. The molecule has 2 aliphatic rings. The van der Waals surface area contributed by atoms with Crippen molar-refractivity contribution in [3.8, 4) is 0 Å². The van der Waals surface area contributed by atoms with E-state index in [1.807, 2.05) is 37.3 Å². The first kappa shape index (κ1) is 17.1. The number of hydrogen-bond acceptors (Lipinski definition) is 7. The van der Waals surface area contributed by atoms with Gasteiger partial charge in [-0.25, -0.2) is 15.0 Å². The van der Waals surface area contributed by atoms with Crippen LogP contribution in [0.15, 0.2) is 43.0 Å². The zero-order valence-corrected chi connectivity index (χ0v) is 15.3. The molecule has 9 heteroatoms. The van der Waals surface area contributed by atoms with Crippen LogP contribution in [0.3, 0.4) is 0 Å². The van der Waals surface area contributed by atoms with Crippen LogP contribution < -0.4 is 11.1 Å². The third-order valence-electron chi connectivity index (χ3n) is 5.56. The third-order valence-corrected chi connectivity index (χ3v) is 5.56. The summed E-state index contributed by atoms with van der Waals surface area (Å²) in [5.41, 5.74) is 6.96. The molecule has 3 N–H and O–H groups in total. The van der Waals surface area contributed by atoms with Crippen molar-refractivity contribution in [1.82, 2.24) is 24.8 Å². The van der Waals surface area contributed by atoms with Crippen LogP contribution in [-0.4, -0.2) is 43.2 Å². The van der Waals surface area contributed by atoms with Gasteiger partial charge in [-0.2, -0.15) is 0 Å². The van der Waals surface area contributed by atoms with E-state index in [0.717, 1.165) is 5.56 Å². The summed E-state index contributed by atoms with van der Waals surface area (Å²) in [6, 6.07) is 9.50. The lowest BCUT2D eigenvalue weighted by atomic mass is 9.95. The zero-order chi connectivity index (χ0) is 19.3. The van der Waals surface area contributed by atoms with Crippen LogP contribution in [0.5, 0.6) is 0 Å². The fourth-order valence-electron chi connectivity index (χ4n) is 4.13. The van der Waals surface area contributed by atoms with Crippen LogP contribution in [0, 0.1) is 0 Å². The topological polar surface area (TPSA) is 117 Å². The summed E-state index contributed by atoms with van der Waals surface area (Å²) in [5, 5.41) is 3.04. The van der Waals surface area contributed by atoms with Crippen LogP contribution >= 0.6 is 0 Å². The van der Waals surface area contributed by atoms with Gasteiger partial charge in [0.15, 0.2) is 23.3 Å². The van der Waals surface area contributed by atoms with E-state index in [1.54, 1.807) is 10.9 Å². The van der Waals surface area contributed by atoms with Crippen LogP contribution in [0.1, 0.15) is 25.1 Å². The lowest BCUT2D eigenvalue weighted by Gasteiger charge is -2.29. The average Bonchev–Trinajstić information content (AvgIpc) is 3.35. The maximum Gasteiger partial charge on any atom is 0.255 e. The number of carbonyl (C=O) groups is 1. The first-order chi connectivity index (χ1) is 13.6. The normalized spacial score (nSPS) is 28.8. The number of fused-ring (bicyclic) bond motifs is 3. The number of anilines is 1. The van der Waals surface area contributed by atoms with Gasteiger partial charge in [0.05, 0.1) is 12.9 Å². The first-order valence-electron chi connectivity index (χ1n) is 9.21. The van der Waals surface area contributed by atoms with E-state index in [2.05, 4.69) is 20.3 Å². The van der Waals surface area contributed by atoms with Crippen molar-refractivity contribution in [2.45, 2.75) is 43.9 Å². The highest BCUT2D eigenvalue weighted by atomic mass is 16.6.